The lowest BCUT2D eigenvalue weighted by Crippen LogP contribution is -2.00. The van der Waals surface area contributed by atoms with Crippen molar-refractivity contribution < 1.29 is 4.39 Å². The van der Waals surface area contributed by atoms with Gasteiger partial charge in [0.2, 0.25) is 0 Å². The zero-order valence-electron chi connectivity index (χ0n) is 15.5. The Labute approximate surface area is 153 Å². The van der Waals surface area contributed by atoms with Gasteiger partial charge >= 0.3 is 0 Å². The number of allylic oxidation sites excluding steroid dienone is 1. The Morgan fingerprint density at radius 2 is 1.65 bits per heavy atom. The van der Waals surface area contributed by atoms with E-state index < -0.39 is 0 Å². The van der Waals surface area contributed by atoms with Gasteiger partial charge in [0, 0.05) is 22.6 Å². The maximum Gasteiger partial charge on any atom is 0.131 e. The van der Waals surface area contributed by atoms with Crippen LogP contribution in [0.15, 0.2) is 48.5 Å². The average molecular weight is 344 g/mol. The van der Waals surface area contributed by atoms with Crippen molar-refractivity contribution in [1.29, 1.82) is 5.26 Å². The molecule has 130 valence electrons. The van der Waals surface area contributed by atoms with Crippen LogP contribution in [-0.4, -0.2) is 4.57 Å². The first-order chi connectivity index (χ1) is 12.4. The van der Waals surface area contributed by atoms with E-state index in [1.807, 2.05) is 19.9 Å². The standard InChI is InChI=1S/C23H21FN2/c1-15-9-16(2)11-21(10-15)26-17(3)12-19(18(26)4)13-20(14-25)22-7-5-6-8-23(22)24/h5-13H,1-4H3. The monoisotopic (exact) mass is 344 g/mol. The zero-order valence-corrected chi connectivity index (χ0v) is 15.5. The van der Waals surface area contributed by atoms with Crippen molar-refractivity contribution >= 4 is 11.6 Å². The molecule has 2 aromatic carbocycles. The lowest BCUT2D eigenvalue weighted by Gasteiger charge is -2.12. The van der Waals surface area contributed by atoms with Crippen molar-refractivity contribution in [3.63, 3.8) is 0 Å². The number of nitrogens with zero attached hydrogens (tertiary/aromatic N) is 2. The molecule has 0 amide bonds. The Morgan fingerprint density at radius 1 is 1.00 bits per heavy atom. The van der Waals surface area contributed by atoms with Crippen LogP contribution in [0.5, 0.6) is 0 Å². The fourth-order valence-electron chi connectivity index (χ4n) is 3.42. The summed E-state index contributed by atoms with van der Waals surface area (Å²) >= 11 is 0. The third-order valence-electron chi connectivity index (χ3n) is 4.52. The second-order valence-electron chi connectivity index (χ2n) is 6.66. The first-order valence-electron chi connectivity index (χ1n) is 8.55. The molecule has 0 radical (unpaired) electrons. The summed E-state index contributed by atoms with van der Waals surface area (Å²) in [5, 5.41) is 9.53. The predicted molar refractivity (Wildman–Crippen MR) is 105 cm³/mol. The van der Waals surface area contributed by atoms with Crippen molar-refractivity contribution in [2.24, 2.45) is 0 Å². The van der Waals surface area contributed by atoms with Crippen LogP contribution in [0.4, 0.5) is 4.39 Å². The highest BCUT2D eigenvalue weighted by atomic mass is 19.1. The minimum Gasteiger partial charge on any atom is -0.318 e. The van der Waals surface area contributed by atoms with E-state index in [0.29, 0.717) is 11.1 Å². The van der Waals surface area contributed by atoms with Crippen LogP contribution in [-0.2, 0) is 0 Å². The van der Waals surface area contributed by atoms with Gasteiger partial charge in [0.05, 0.1) is 11.6 Å². The Bertz CT molecular complexity index is 1030. The zero-order chi connectivity index (χ0) is 18.8. The van der Waals surface area contributed by atoms with Crippen LogP contribution in [0, 0.1) is 44.8 Å². The van der Waals surface area contributed by atoms with E-state index in [0.717, 1.165) is 22.6 Å². The summed E-state index contributed by atoms with van der Waals surface area (Å²) in [6.07, 6.45) is 1.76. The largest absolute Gasteiger partial charge is 0.318 e. The number of hydrogen-bond acceptors (Lipinski definition) is 1. The van der Waals surface area contributed by atoms with E-state index in [2.05, 4.69) is 42.7 Å². The van der Waals surface area contributed by atoms with Crippen LogP contribution < -0.4 is 0 Å². The van der Waals surface area contributed by atoms with Gasteiger partial charge in [-0.25, -0.2) is 4.39 Å². The van der Waals surface area contributed by atoms with Gasteiger partial charge in [0.1, 0.15) is 5.82 Å². The van der Waals surface area contributed by atoms with E-state index >= 15 is 0 Å². The second-order valence-corrected chi connectivity index (χ2v) is 6.66. The highest BCUT2D eigenvalue weighted by molar-refractivity contribution is 5.90. The quantitative estimate of drug-likeness (QED) is 0.543. The van der Waals surface area contributed by atoms with Gasteiger partial charge in [-0.3, -0.25) is 0 Å². The summed E-state index contributed by atoms with van der Waals surface area (Å²) in [6.45, 7) is 8.22. The van der Waals surface area contributed by atoms with E-state index in [-0.39, 0.29) is 5.82 Å². The first-order valence-corrected chi connectivity index (χ1v) is 8.55. The van der Waals surface area contributed by atoms with Gasteiger partial charge in [0.25, 0.3) is 0 Å². The van der Waals surface area contributed by atoms with Gasteiger partial charge in [-0.05, 0) is 74.7 Å². The van der Waals surface area contributed by atoms with Crippen LogP contribution >= 0.6 is 0 Å². The Kier molecular flexibility index (Phi) is 4.77. The molecule has 3 heteroatoms. The van der Waals surface area contributed by atoms with Gasteiger partial charge in [-0.1, -0.05) is 24.3 Å². The molecule has 0 aliphatic rings. The molecule has 0 bridgehead atoms. The van der Waals surface area contributed by atoms with Crippen molar-refractivity contribution in [1.82, 2.24) is 4.57 Å². The molecule has 0 saturated heterocycles. The molecule has 3 aromatic rings. The minimum absolute atomic E-state index is 0.323. The summed E-state index contributed by atoms with van der Waals surface area (Å²) in [5.41, 5.74) is 7.17. The molecule has 26 heavy (non-hydrogen) atoms. The third kappa shape index (κ3) is 3.32. The van der Waals surface area contributed by atoms with E-state index in [1.54, 1.807) is 24.3 Å². The molecule has 0 saturated carbocycles. The van der Waals surface area contributed by atoms with Crippen LogP contribution in [0.1, 0.15) is 33.6 Å². The Hall–Kier alpha value is -3.12. The highest BCUT2D eigenvalue weighted by Crippen LogP contribution is 2.27. The van der Waals surface area contributed by atoms with Gasteiger partial charge in [-0.15, -0.1) is 0 Å². The normalized spacial score (nSPS) is 11.5. The number of aromatic nitrogens is 1. The highest BCUT2D eigenvalue weighted by Gasteiger charge is 2.13. The molecule has 0 fully saturated rings. The lowest BCUT2D eigenvalue weighted by molar-refractivity contribution is 0.624. The molecule has 0 N–H and O–H groups in total. The van der Waals surface area contributed by atoms with Crippen molar-refractivity contribution in [3.8, 4) is 11.8 Å². The second kappa shape index (κ2) is 7.01. The number of hydrogen-bond donors (Lipinski definition) is 0. The number of nitriles is 1. The summed E-state index contributed by atoms with van der Waals surface area (Å²) in [6, 6.07) is 17.0. The molecular formula is C23H21FN2. The fraction of sp³-hybridized carbons (Fsp3) is 0.174. The van der Waals surface area contributed by atoms with Crippen LogP contribution in [0.2, 0.25) is 0 Å². The van der Waals surface area contributed by atoms with Crippen LogP contribution in [0.3, 0.4) is 0 Å². The summed E-state index contributed by atoms with van der Waals surface area (Å²) in [4.78, 5) is 0. The molecular weight excluding hydrogens is 323 g/mol. The first kappa shape index (κ1) is 17.7. The lowest BCUT2D eigenvalue weighted by atomic mass is 10.0. The molecule has 0 aliphatic carbocycles. The van der Waals surface area contributed by atoms with E-state index in [4.69, 9.17) is 0 Å². The molecule has 1 heterocycles. The van der Waals surface area contributed by atoms with Crippen molar-refractivity contribution in [2.75, 3.05) is 0 Å². The third-order valence-corrected chi connectivity index (χ3v) is 4.52. The van der Waals surface area contributed by atoms with E-state index in [1.165, 1.54) is 17.2 Å². The molecule has 0 unspecified atom stereocenters. The van der Waals surface area contributed by atoms with Gasteiger partial charge in [0.15, 0.2) is 0 Å². The molecule has 2 nitrogen and oxygen atoms in total. The number of benzene rings is 2. The molecule has 0 spiro atoms. The summed E-state index contributed by atoms with van der Waals surface area (Å²) < 4.78 is 16.2. The maximum atomic E-state index is 14.1. The minimum atomic E-state index is -0.386. The number of halogens is 1. The van der Waals surface area contributed by atoms with Crippen molar-refractivity contribution in [2.45, 2.75) is 27.7 Å². The SMILES string of the molecule is Cc1cc(C)cc(-n2c(C)cc(C=C(C#N)c3ccccc3F)c2C)c1. The molecule has 3 rings (SSSR count). The molecule has 0 aliphatic heterocycles. The Morgan fingerprint density at radius 3 is 2.27 bits per heavy atom. The maximum absolute atomic E-state index is 14.1. The van der Waals surface area contributed by atoms with Gasteiger partial charge < -0.3 is 4.57 Å². The Balaban J connectivity index is 2.14. The average Bonchev–Trinajstić information content (AvgIpc) is 2.86. The fourth-order valence-corrected chi connectivity index (χ4v) is 3.42. The molecule has 0 atom stereocenters. The van der Waals surface area contributed by atoms with Crippen LogP contribution in [0.25, 0.3) is 17.3 Å². The summed E-state index contributed by atoms with van der Waals surface area (Å²) in [7, 11) is 0. The van der Waals surface area contributed by atoms with Crippen molar-refractivity contribution in [3.05, 3.63) is 88.0 Å². The summed E-state index contributed by atoms with van der Waals surface area (Å²) in [5.74, 6) is -0.386. The smallest absolute Gasteiger partial charge is 0.131 e. The predicted octanol–water partition coefficient (Wildman–Crippen LogP) is 5.91. The molecule has 1 aromatic heterocycles. The number of rotatable bonds is 3. The van der Waals surface area contributed by atoms with E-state index in [9.17, 15) is 9.65 Å². The van der Waals surface area contributed by atoms with Gasteiger partial charge in [-0.2, -0.15) is 5.26 Å². The topological polar surface area (TPSA) is 28.7 Å². The number of aryl methyl sites for hydroxylation is 3.